The Bertz CT molecular complexity index is 1310. The zero-order valence-corrected chi connectivity index (χ0v) is 22.3. The summed E-state index contributed by atoms with van der Waals surface area (Å²) in [6.07, 6.45) is 6.02. The summed E-state index contributed by atoms with van der Waals surface area (Å²) in [5.41, 5.74) is 5.53. The maximum atomic E-state index is 13.7. The van der Waals surface area contributed by atoms with Crippen LogP contribution in [0.5, 0.6) is 0 Å². The summed E-state index contributed by atoms with van der Waals surface area (Å²) in [7, 11) is 0. The Morgan fingerprint density at radius 2 is 1.55 bits per heavy atom. The lowest BCUT2D eigenvalue weighted by atomic mass is 9.95. The molecule has 1 saturated carbocycles. The Labute approximate surface area is 223 Å². The number of amides is 3. The highest BCUT2D eigenvalue weighted by atomic mass is 16.7. The predicted molar refractivity (Wildman–Crippen MR) is 148 cm³/mol. The minimum atomic E-state index is -0.581. The van der Waals surface area contributed by atoms with E-state index in [0.717, 1.165) is 65.0 Å². The van der Waals surface area contributed by atoms with E-state index in [0.29, 0.717) is 5.69 Å². The zero-order valence-electron chi connectivity index (χ0n) is 22.3. The fourth-order valence-electron chi connectivity index (χ4n) is 5.00. The third kappa shape index (κ3) is 6.37. The molecule has 1 aromatic heterocycles. The van der Waals surface area contributed by atoms with Gasteiger partial charge in [0.15, 0.2) is 5.69 Å². The van der Waals surface area contributed by atoms with E-state index in [4.69, 9.17) is 4.84 Å². The lowest BCUT2D eigenvalue weighted by Gasteiger charge is -2.32. The molecule has 0 atom stereocenters. The molecule has 0 radical (unpaired) electrons. The molecular formula is C30H34N4O4. The molecule has 1 fully saturated rings. The molecule has 1 heterocycles. The van der Waals surface area contributed by atoms with Crippen molar-refractivity contribution in [2.75, 3.05) is 10.6 Å². The van der Waals surface area contributed by atoms with Gasteiger partial charge in [-0.05, 0) is 56.4 Å². The van der Waals surface area contributed by atoms with Gasteiger partial charge in [-0.3, -0.25) is 9.59 Å². The van der Waals surface area contributed by atoms with E-state index >= 15 is 0 Å². The van der Waals surface area contributed by atoms with Gasteiger partial charge in [0.05, 0.1) is 11.7 Å². The fraction of sp³-hybridized carbons (Fsp3) is 0.333. The van der Waals surface area contributed by atoms with Gasteiger partial charge in [-0.25, -0.2) is 9.78 Å². The number of hydrogen-bond donors (Lipinski definition) is 2. The van der Waals surface area contributed by atoms with E-state index in [1.54, 1.807) is 12.3 Å². The maximum absolute atomic E-state index is 13.7. The number of carbonyl (C=O) groups excluding carboxylic acids is 3. The monoisotopic (exact) mass is 514 g/mol. The number of hydroxylamine groups is 2. The molecule has 198 valence electrons. The van der Waals surface area contributed by atoms with Crippen LogP contribution >= 0.6 is 0 Å². The first-order valence-corrected chi connectivity index (χ1v) is 13.0. The lowest BCUT2D eigenvalue weighted by molar-refractivity contribution is -0.185. The van der Waals surface area contributed by atoms with Gasteiger partial charge in [-0.15, -0.1) is 0 Å². The second-order valence-electron chi connectivity index (χ2n) is 9.84. The Morgan fingerprint density at radius 3 is 2.18 bits per heavy atom. The van der Waals surface area contributed by atoms with Gasteiger partial charge in [-0.2, -0.15) is 5.06 Å². The van der Waals surface area contributed by atoms with Crippen molar-refractivity contribution in [2.45, 2.75) is 65.8 Å². The normalized spacial score (nSPS) is 13.5. The van der Waals surface area contributed by atoms with Gasteiger partial charge in [0, 0.05) is 24.4 Å². The summed E-state index contributed by atoms with van der Waals surface area (Å²) in [6.45, 7) is 7.14. The molecule has 2 N–H and O–H groups in total. The smallest absolute Gasteiger partial charge is 0.329 e. The van der Waals surface area contributed by atoms with Crippen molar-refractivity contribution >= 4 is 29.3 Å². The molecule has 2 aromatic carbocycles. The van der Waals surface area contributed by atoms with Gasteiger partial charge in [0.25, 0.3) is 0 Å². The molecule has 38 heavy (non-hydrogen) atoms. The molecule has 3 aromatic rings. The van der Waals surface area contributed by atoms with Crippen molar-refractivity contribution < 1.29 is 19.2 Å². The standard InChI is InChI=1S/C30H34N4O4/c1-19-15-20(2)27(21(3)16-19)33-30(37)32-26-17-24(23-11-7-5-8-12-23)18-31-28(26)29(36)34(38-22(4)35)25-13-9-6-10-14-25/h5,7-8,11-12,15-18,25H,6,9-10,13-14H2,1-4H3,(H2,32,33,37). The van der Waals surface area contributed by atoms with E-state index in [-0.39, 0.29) is 17.4 Å². The van der Waals surface area contributed by atoms with Crippen LogP contribution in [-0.4, -0.2) is 34.0 Å². The number of nitrogens with one attached hydrogen (secondary N) is 2. The van der Waals surface area contributed by atoms with Crippen LogP contribution in [0.3, 0.4) is 0 Å². The predicted octanol–water partition coefficient (Wildman–Crippen LogP) is 6.57. The lowest BCUT2D eigenvalue weighted by Crippen LogP contribution is -2.43. The molecular weight excluding hydrogens is 480 g/mol. The van der Waals surface area contributed by atoms with E-state index in [2.05, 4.69) is 15.6 Å². The highest BCUT2D eigenvalue weighted by molar-refractivity contribution is 6.06. The first-order valence-electron chi connectivity index (χ1n) is 13.0. The van der Waals surface area contributed by atoms with E-state index in [1.165, 1.54) is 6.92 Å². The number of pyridine rings is 1. The molecule has 0 unspecified atom stereocenters. The topological polar surface area (TPSA) is 101 Å². The number of urea groups is 1. The van der Waals surface area contributed by atoms with Crippen LogP contribution in [0.15, 0.2) is 54.7 Å². The van der Waals surface area contributed by atoms with Crippen molar-refractivity contribution in [1.29, 1.82) is 0 Å². The Morgan fingerprint density at radius 1 is 0.895 bits per heavy atom. The third-order valence-corrected chi connectivity index (χ3v) is 6.69. The minimum Gasteiger partial charge on any atom is -0.338 e. The maximum Gasteiger partial charge on any atom is 0.329 e. The molecule has 4 rings (SSSR count). The summed E-state index contributed by atoms with van der Waals surface area (Å²) in [4.78, 5) is 48.7. The minimum absolute atomic E-state index is 0.00371. The molecule has 1 aliphatic carbocycles. The Kier molecular flexibility index (Phi) is 8.41. The molecule has 8 nitrogen and oxygen atoms in total. The summed E-state index contributed by atoms with van der Waals surface area (Å²) in [5.74, 6) is -1.15. The largest absolute Gasteiger partial charge is 0.338 e. The average molecular weight is 515 g/mol. The number of rotatable bonds is 5. The molecule has 0 saturated heterocycles. The number of hydrogen-bond acceptors (Lipinski definition) is 5. The van der Waals surface area contributed by atoms with Gasteiger partial charge in [-0.1, -0.05) is 67.3 Å². The SMILES string of the molecule is CC(=O)ON(C(=O)c1ncc(-c2ccccc2)cc1NC(=O)Nc1c(C)cc(C)cc1C)C1CCCCC1. The Hall–Kier alpha value is -4.20. The Balaban J connectivity index is 1.69. The molecule has 1 aliphatic rings. The van der Waals surface area contributed by atoms with Gasteiger partial charge in [0.2, 0.25) is 0 Å². The average Bonchev–Trinajstić information content (AvgIpc) is 2.90. The third-order valence-electron chi connectivity index (χ3n) is 6.69. The molecule has 3 amide bonds. The van der Waals surface area contributed by atoms with Crippen LogP contribution in [0.2, 0.25) is 0 Å². The number of anilines is 2. The summed E-state index contributed by atoms with van der Waals surface area (Å²) < 4.78 is 0. The highest BCUT2D eigenvalue weighted by Gasteiger charge is 2.32. The van der Waals surface area contributed by atoms with Crippen LogP contribution in [0.1, 0.15) is 66.2 Å². The second-order valence-corrected chi connectivity index (χ2v) is 9.84. The fourth-order valence-corrected chi connectivity index (χ4v) is 5.00. The van der Waals surface area contributed by atoms with E-state index < -0.39 is 17.9 Å². The first-order chi connectivity index (χ1) is 18.2. The van der Waals surface area contributed by atoms with Crippen molar-refractivity contribution in [1.82, 2.24) is 10.0 Å². The van der Waals surface area contributed by atoms with Crippen LogP contribution in [0.25, 0.3) is 11.1 Å². The van der Waals surface area contributed by atoms with Gasteiger partial charge in [0.1, 0.15) is 0 Å². The zero-order chi connectivity index (χ0) is 27.2. The highest BCUT2D eigenvalue weighted by Crippen LogP contribution is 2.29. The van der Waals surface area contributed by atoms with Crippen LogP contribution in [-0.2, 0) is 9.63 Å². The van der Waals surface area contributed by atoms with E-state index in [9.17, 15) is 14.4 Å². The molecule has 0 aliphatic heterocycles. The van der Waals surface area contributed by atoms with Crippen molar-refractivity contribution in [3.05, 3.63) is 77.1 Å². The van der Waals surface area contributed by atoms with Crippen LogP contribution in [0, 0.1) is 20.8 Å². The number of nitrogens with zero attached hydrogens (tertiary/aromatic N) is 2. The summed E-state index contributed by atoms with van der Waals surface area (Å²) in [5, 5.41) is 6.89. The molecule has 0 bridgehead atoms. The van der Waals surface area contributed by atoms with E-state index in [1.807, 2.05) is 63.2 Å². The van der Waals surface area contributed by atoms with Gasteiger partial charge < -0.3 is 15.5 Å². The summed E-state index contributed by atoms with van der Waals surface area (Å²) >= 11 is 0. The quantitative estimate of drug-likeness (QED) is 0.375. The van der Waals surface area contributed by atoms with Crippen molar-refractivity contribution in [3.63, 3.8) is 0 Å². The number of carbonyl (C=O) groups is 3. The number of benzene rings is 2. The summed E-state index contributed by atoms with van der Waals surface area (Å²) in [6, 6.07) is 14.5. The van der Waals surface area contributed by atoms with Gasteiger partial charge >= 0.3 is 17.9 Å². The second kappa shape index (κ2) is 11.9. The molecule has 8 heteroatoms. The van der Waals surface area contributed by atoms with Crippen molar-refractivity contribution in [2.24, 2.45) is 0 Å². The first kappa shape index (κ1) is 26.9. The van der Waals surface area contributed by atoms with Crippen molar-refractivity contribution in [3.8, 4) is 11.1 Å². The van der Waals surface area contributed by atoms with Crippen LogP contribution in [0.4, 0.5) is 16.2 Å². The number of aromatic nitrogens is 1. The number of aryl methyl sites for hydroxylation is 3. The van der Waals surface area contributed by atoms with Crippen LogP contribution < -0.4 is 10.6 Å². The molecule has 0 spiro atoms.